The van der Waals surface area contributed by atoms with Crippen molar-refractivity contribution in [3.05, 3.63) is 46.5 Å². The van der Waals surface area contributed by atoms with Crippen molar-refractivity contribution in [3.63, 3.8) is 0 Å². The van der Waals surface area contributed by atoms with Gasteiger partial charge >= 0.3 is 0 Å². The average molecular weight is 235 g/mol. The molecule has 2 rings (SSSR count). The topological polar surface area (TPSA) is 34.9 Å². The summed E-state index contributed by atoms with van der Waals surface area (Å²) in [6, 6.07) is 5.37. The van der Waals surface area contributed by atoms with Crippen molar-refractivity contribution in [3.8, 4) is 5.69 Å². The van der Waals surface area contributed by atoms with Gasteiger partial charge in [-0.1, -0.05) is 17.7 Å². The highest BCUT2D eigenvalue weighted by atomic mass is 35.5. The predicted octanol–water partition coefficient (Wildman–Crippen LogP) is 2.96. The summed E-state index contributed by atoms with van der Waals surface area (Å²) in [6.07, 6.45) is 2.47. The van der Waals surface area contributed by atoms with Gasteiger partial charge in [-0.05, 0) is 26.0 Å². The smallest absolute Gasteiger partial charge is 0.153 e. The molecule has 0 unspecified atom stereocenters. The number of aryl methyl sites for hydroxylation is 1. The molecule has 0 aliphatic carbocycles. The third-order valence-electron chi connectivity index (χ3n) is 2.66. The summed E-state index contributed by atoms with van der Waals surface area (Å²) in [6.45, 7) is 3.88. The lowest BCUT2D eigenvalue weighted by Crippen LogP contribution is -2.00. The van der Waals surface area contributed by atoms with Crippen LogP contribution in [0, 0.1) is 13.8 Å². The van der Waals surface area contributed by atoms with E-state index in [9.17, 15) is 4.79 Å². The van der Waals surface area contributed by atoms with Crippen LogP contribution in [0.15, 0.2) is 24.5 Å². The molecule has 0 radical (unpaired) electrons. The number of carbonyl (C=O) groups excluding carboxylic acids is 1. The van der Waals surface area contributed by atoms with Crippen molar-refractivity contribution in [2.75, 3.05) is 0 Å². The van der Waals surface area contributed by atoms with Crippen molar-refractivity contribution in [1.82, 2.24) is 9.55 Å². The molecule has 0 amide bonds. The van der Waals surface area contributed by atoms with Crippen molar-refractivity contribution >= 4 is 17.9 Å². The normalized spacial score (nSPS) is 10.4. The Kier molecular flexibility index (Phi) is 2.79. The van der Waals surface area contributed by atoms with Crippen LogP contribution in [-0.2, 0) is 0 Å². The molecule has 0 fully saturated rings. The number of halogens is 1. The molecule has 0 spiro atoms. The summed E-state index contributed by atoms with van der Waals surface area (Å²) in [7, 11) is 0. The lowest BCUT2D eigenvalue weighted by molar-refractivity contribution is 0.112. The SMILES string of the molecule is Cc1ncn(-c2cccc(Cl)c2C=O)c1C. The second-order valence-electron chi connectivity index (χ2n) is 3.58. The summed E-state index contributed by atoms with van der Waals surface area (Å²) in [5.74, 6) is 0. The Bertz CT molecular complexity index is 546. The minimum atomic E-state index is 0.457. The molecule has 3 nitrogen and oxygen atoms in total. The molecule has 0 saturated carbocycles. The highest BCUT2D eigenvalue weighted by Crippen LogP contribution is 2.23. The van der Waals surface area contributed by atoms with Gasteiger partial charge in [-0.3, -0.25) is 4.79 Å². The third-order valence-corrected chi connectivity index (χ3v) is 2.99. The molecule has 16 heavy (non-hydrogen) atoms. The minimum absolute atomic E-state index is 0.457. The maximum absolute atomic E-state index is 11.0. The lowest BCUT2D eigenvalue weighted by atomic mass is 10.2. The van der Waals surface area contributed by atoms with Gasteiger partial charge in [0.1, 0.15) is 0 Å². The Morgan fingerprint density at radius 1 is 1.38 bits per heavy atom. The minimum Gasteiger partial charge on any atom is -0.303 e. The number of carbonyl (C=O) groups is 1. The number of hydrogen-bond donors (Lipinski definition) is 0. The zero-order chi connectivity index (χ0) is 11.7. The van der Waals surface area contributed by atoms with E-state index in [4.69, 9.17) is 11.6 Å². The molecule has 4 heteroatoms. The monoisotopic (exact) mass is 234 g/mol. The molecule has 0 saturated heterocycles. The molecule has 82 valence electrons. The zero-order valence-corrected chi connectivity index (χ0v) is 9.82. The van der Waals surface area contributed by atoms with E-state index in [0.717, 1.165) is 23.4 Å². The van der Waals surface area contributed by atoms with E-state index in [1.807, 2.05) is 30.5 Å². The van der Waals surface area contributed by atoms with Gasteiger partial charge in [-0.2, -0.15) is 0 Å². The van der Waals surface area contributed by atoms with Crippen LogP contribution in [0.5, 0.6) is 0 Å². The standard InChI is InChI=1S/C12H11ClN2O/c1-8-9(2)15(7-14-8)12-5-3-4-11(13)10(12)6-16/h3-7H,1-2H3. The molecule has 0 aliphatic rings. The number of benzene rings is 1. The highest BCUT2D eigenvalue weighted by molar-refractivity contribution is 6.33. The number of aldehydes is 1. The van der Waals surface area contributed by atoms with Gasteiger partial charge in [-0.15, -0.1) is 0 Å². The van der Waals surface area contributed by atoms with Gasteiger partial charge < -0.3 is 4.57 Å². The number of aromatic nitrogens is 2. The molecule has 0 atom stereocenters. The Morgan fingerprint density at radius 3 is 2.69 bits per heavy atom. The van der Waals surface area contributed by atoms with Crippen molar-refractivity contribution < 1.29 is 4.79 Å². The fourth-order valence-corrected chi connectivity index (χ4v) is 1.81. The Labute approximate surface area is 98.7 Å². The van der Waals surface area contributed by atoms with E-state index in [0.29, 0.717) is 10.6 Å². The predicted molar refractivity (Wildman–Crippen MR) is 63.4 cm³/mol. The fourth-order valence-electron chi connectivity index (χ4n) is 1.59. The first-order valence-electron chi connectivity index (χ1n) is 4.89. The first-order valence-corrected chi connectivity index (χ1v) is 5.27. The van der Waals surface area contributed by atoms with Gasteiger partial charge in [0.2, 0.25) is 0 Å². The van der Waals surface area contributed by atoms with Crippen LogP contribution in [0.4, 0.5) is 0 Å². The Balaban J connectivity index is 2.69. The first kappa shape index (κ1) is 10.9. The Morgan fingerprint density at radius 2 is 2.12 bits per heavy atom. The third kappa shape index (κ3) is 1.63. The zero-order valence-electron chi connectivity index (χ0n) is 9.07. The second kappa shape index (κ2) is 4.10. The fraction of sp³-hybridized carbons (Fsp3) is 0.167. The Hall–Kier alpha value is -1.61. The maximum Gasteiger partial charge on any atom is 0.153 e. The van der Waals surface area contributed by atoms with E-state index in [1.165, 1.54) is 0 Å². The van der Waals surface area contributed by atoms with E-state index >= 15 is 0 Å². The molecule has 1 aromatic heterocycles. The molecule has 0 bridgehead atoms. The average Bonchev–Trinajstić information content (AvgIpc) is 2.59. The largest absolute Gasteiger partial charge is 0.303 e. The van der Waals surface area contributed by atoms with Crippen LogP contribution in [0.25, 0.3) is 5.69 Å². The van der Waals surface area contributed by atoms with Crippen LogP contribution in [-0.4, -0.2) is 15.8 Å². The van der Waals surface area contributed by atoms with Gasteiger partial charge in [0, 0.05) is 5.69 Å². The second-order valence-corrected chi connectivity index (χ2v) is 3.98. The number of imidazole rings is 1. The molecule has 0 N–H and O–H groups in total. The summed E-state index contributed by atoms with van der Waals surface area (Å²) in [5, 5.41) is 0.457. The summed E-state index contributed by atoms with van der Waals surface area (Å²) in [5.41, 5.74) is 3.20. The van der Waals surface area contributed by atoms with Crippen LogP contribution < -0.4 is 0 Å². The summed E-state index contributed by atoms with van der Waals surface area (Å²) in [4.78, 5) is 15.2. The van der Waals surface area contributed by atoms with Gasteiger partial charge in [-0.25, -0.2) is 4.98 Å². The molecular weight excluding hydrogens is 224 g/mol. The summed E-state index contributed by atoms with van der Waals surface area (Å²) >= 11 is 5.97. The number of rotatable bonds is 2. The molecule has 0 aliphatic heterocycles. The van der Waals surface area contributed by atoms with Crippen LogP contribution >= 0.6 is 11.6 Å². The molecule has 1 heterocycles. The van der Waals surface area contributed by atoms with Crippen LogP contribution in [0.1, 0.15) is 21.7 Å². The van der Waals surface area contributed by atoms with E-state index in [1.54, 1.807) is 12.4 Å². The van der Waals surface area contributed by atoms with Gasteiger partial charge in [0.25, 0.3) is 0 Å². The van der Waals surface area contributed by atoms with E-state index in [-0.39, 0.29) is 0 Å². The lowest BCUT2D eigenvalue weighted by Gasteiger charge is -2.09. The molecular formula is C12H11ClN2O. The first-order chi connectivity index (χ1) is 7.65. The highest BCUT2D eigenvalue weighted by Gasteiger charge is 2.10. The van der Waals surface area contributed by atoms with Gasteiger partial charge in [0.05, 0.1) is 28.3 Å². The van der Waals surface area contributed by atoms with Crippen LogP contribution in [0.2, 0.25) is 5.02 Å². The molecule has 2 aromatic rings. The van der Waals surface area contributed by atoms with Crippen molar-refractivity contribution in [2.45, 2.75) is 13.8 Å². The van der Waals surface area contributed by atoms with E-state index in [2.05, 4.69) is 4.98 Å². The van der Waals surface area contributed by atoms with E-state index < -0.39 is 0 Å². The maximum atomic E-state index is 11.0. The summed E-state index contributed by atoms with van der Waals surface area (Å²) < 4.78 is 1.87. The van der Waals surface area contributed by atoms with Gasteiger partial charge in [0.15, 0.2) is 6.29 Å². The quantitative estimate of drug-likeness (QED) is 0.749. The van der Waals surface area contributed by atoms with Crippen molar-refractivity contribution in [1.29, 1.82) is 0 Å². The van der Waals surface area contributed by atoms with Crippen molar-refractivity contribution in [2.24, 2.45) is 0 Å². The molecule has 1 aromatic carbocycles. The van der Waals surface area contributed by atoms with Crippen LogP contribution in [0.3, 0.4) is 0 Å². The number of nitrogens with zero attached hydrogens (tertiary/aromatic N) is 2. The number of hydrogen-bond acceptors (Lipinski definition) is 2.